The van der Waals surface area contributed by atoms with E-state index < -0.39 is 21.5 Å². The Morgan fingerprint density at radius 1 is 1.45 bits per heavy atom. The molecule has 1 fully saturated rings. The van der Waals surface area contributed by atoms with Gasteiger partial charge in [-0.1, -0.05) is 0 Å². The Morgan fingerprint density at radius 3 is 2.64 bits per heavy atom. The van der Waals surface area contributed by atoms with Gasteiger partial charge in [0.15, 0.2) is 0 Å². The number of carboxylic acids is 1. The molecule has 0 bridgehead atoms. The highest BCUT2D eigenvalue weighted by Crippen LogP contribution is 2.21. The second kappa shape index (κ2) is 5.69. The first-order valence-electron chi connectivity index (χ1n) is 6.78. The average molecular weight is 326 g/mol. The average Bonchev–Trinajstić information content (AvgIpc) is 2.76. The van der Waals surface area contributed by atoms with Gasteiger partial charge in [0.25, 0.3) is 0 Å². The predicted molar refractivity (Wildman–Crippen MR) is 79.1 cm³/mol. The molecule has 8 heteroatoms. The smallest absolute Gasteiger partial charge is 0.335 e. The lowest BCUT2D eigenvalue weighted by atomic mass is 10.0. The topological polar surface area (TPSA) is 113 Å². The Kier molecular flexibility index (Phi) is 4.25. The maximum Gasteiger partial charge on any atom is 0.335 e. The summed E-state index contributed by atoms with van der Waals surface area (Å²) in [6.07, 6.45) is 0.940. The van der Waals surface area contributed by atoms with Crippen LogP contribution in [0.3, 0.4) is 0 Å². The minimum Gasteiger partial charge on any atom is -0.478 e. The number of carboxylic acid groups (broad SMARTS) is 1. The first-order valence-corrected chi connectivity index (χ1v) is 8.26. The molecule has 1 aliphatic rings. The summed E-state index contributed by atoms with van der Waals surface area (Å²) in [5.74, 6) is -1.20. The van der Waals surface area contributed by atoms with Crippen LogP contribution in [-0.2, 0) is 14.8 Å². The molecular formula is C14H18N2O5S. The Hall–Kier alpha value is -1.93. The molecule has 0 aliphatic carbocycles. The van der Waals surface area contributed by atoms with Crippen LogP contribution >= 0.6 is 0 Å². The second-order valence-corrected chi connectivity index (χ2v) is 7.45. The highest BCUT2D eigenvalue weighted by Gasteiger charge is 2.34. The van der Waals surface area contributed by atoms with E-state index >= 15 is 0 Å². The molecule has 1 aliphatic heterocycles. The van der Waals surface area contributed by atoms with Crippen molar-refractivity contribution in [3.05, 3.63) is 29.3 Å². The summed E-state index contributed by atoms with van der Waals surface area (Å²) < 4.78 is 27.2. The minimum absolute atomic E-state index is 0.0328. The van der Waals surface area contributed by atoms with Gasteiger partial charge in [-0.2, -0.15) is 0 Å². The number of hydrogen-bond donors (Lipinski definition) is 3. The van der Waals surface area contributed by atoms with E-state index in [0.29, 0.717) is 18.4 Å². The molecule has 1 atom stereocenters. The molecule has 0 spiro atoms. The van der Waals surface area contributed by atoms with Gasteiger partial charge >= 0.3 is 5.97 Å². The number of sulfonamides is 1. The molecule has 1 unspecified atom stereocenters. The van der Waals surface area contributed by atoms with Gasteiger partial charge in [-0.15, -0.1) is 0 Å². The highest BCUT2D eigenvalue weighted by molar-refractivity contribution is 7.89. The van der Waals surface area contributed by atoms with Crippen molar-refractivity contribution in [1.29, 1.82) is 0 Å². The summed E-state index contributed by atoms with van der Waals surface area (Å²) in [6, 6.07) is 3.84. The van der Waals surface area contributed by atoms with E-state index in [9.17, 15) is 18.0 Å². The quantitative estimate of drug-likeness (QED) is 0.735. The zero-order valence-corrected chi connectivity index (χ0v) is 13.2. The van der Waals surface area contributed by atoms with E-state index in [1.807, 2.05) is 0 Å². The SMILES string of the molecule is Cc1cc(C(=O)O)ccc1S(=O)(=O)NCC1(C)CCC(=O)N1. The van der Waals surface area contributed by atoms with Crippen LogP contribution < -0.4 is 10.0 Å². The summed E-state index contributed by atoms with van der Waals surface area (Å²) in [5.41, 5.74) is -0.210. The number of aryl methyl sites for hydroxylation is 1. The van der Waals surface area contributed by atoms with Crippen LogP contribution in [0.25, 0.3) is 0 Å². The zero-order valence-electron chi connectivity index (χ0n) is 12.3. The highest BCUT2D eigenvalue weighted by atomic mass is 32.2. The molecule has 0 radical (unpaired) electrons. The van der Waals surface area contributed by atoms with Gasteiger partial charge < -0.3 is 10.4 Å². The van der Waals surface area contributed by atoms with Crippen molar-refractivity contribution >= 4 is 21.9 Å². The Morgan fingerprint density at radius 2 is 2.14 bits per heavy atom. The van der Waals surface area contributed by atoms with Gasteiger partial charge in [0.05, 0.1) is 16.0 Å². The van der Waals surface area contributed by atoms with Crippen LogP contribution in [0.5, 0.6) is 0 Å². The minimum atomic E-state index is -3.77. The van der Waals surface area contributed by atoms with Crippen LogP contribution in [0, 0.1) is 6.92 Å². The van der Waals surface area contributed by atoms with Gasteiger partial charge in [0.2, 0.25) is 15.9 Å². The first-order chi connectivity index (χ1) is 10.1. The largest absolute Gasteiger partial charge is 0.478 e. The van der Waals surface area contributed by atoms with Crippen LogP contribution in [0.15, 0.2) is 23.1 Å². The lowest BCUT2D eigenvalue weighted by Gasteiger charge is -2.24. The summed E-state index contributed by atoms with van der Waals surface area (Å²) in [6.45, 7) is 3.40. The fraction of sp³-hybridized carbons (Fsp3) is 0.429. The van der Waals surface area contributed by atoms with Gasteiger partial charge in [-0.3, -0.25) is 4.79 Å². The second-order valence-electron chi connectivity index (χ2n) is 5.72. The molecule has 1 amide bonds. The molecule has 1 aromatic rings. The summed E-state index contributed by atoms with van der Waals surface area (Å²) >= 11 is 0. The molecule has 22 heavy (non-hydrogen) atoms. The lowest BCUT2D eigenvalue weighted by molar-refractivity contribution is -0.119. The van der Waals surface area contributed by atoms with Gasteiger partial charge in [-0.05, 0) is 44.0 Å². The number of hydrogen-bond acceptors (Lipinski definition) is 4. The van der Waals surface area contributed by atoms with E-state index in [1.54, 1.807) is 13.8 Å². The molecule has 1 saturated heterocycles. The first kappa shape index (κ1) is 16.4. The number of nitrogens with one attached hydrogen (secondary N) is 2. The van der Waals surface area contributed by atoms with Crippen LogP contribution in [0.1, 0.15) is 35.7 Å². The number of benzene rings is 1. The molecule has 2 rings (SSSR count). The fourth-order valence-corrected chi connectivity index (χ4v) is 3.79. The van der Waals surface area contributed by atoms with E-state index in [1.165, 1.54) is 18.2 Å². The van der Waals surface area contributed by atoms with Crippen molar-refractivity contribution in [3.63, 3.8) is 0 Å². The Labute approximate surface area is 128 Å². The van der Waals surface area contributed by atoms with E-state index in [-0.39, 0.29) is 22.9 Å². The third-order valence-corrected chi connectivity index (χ3v) is 5.27. The molecule has 3 N–H and O–H groups in total. The van der Waals surface area contributed by atoms with Crippen molar-refractivity contribution < 1.29 is 23.1 Å². The molecule has 0 aromatic heterocycles. The monoisotopic (exact) mass is 326 g/mol. The molecule has 7 nitrogen and oxygen atoms in total. The predicted octanol–water partition coefficient (Wildman–Crippen LogP) is 0.640. The number of carbonyl (C=O) groups is 2. The summed E-state index contributed by atoms with van der Waals surface area (Å²) in [7, 11) is -3.77. The maximum absolute atomic E-state index is 12.3. The molecule has 0 saturated carbocycles. The number of carbonyl (C=O) groups excluding carboxylic acids is 1. The van der Waals surface area contributed by atoms with Crippen LogP contribution in [-0.4, -0.2) is 37.5 Å². The van der Waals surface area contributed by atoms with Gasteiger partial charge in [0.1, 0.15) is 0 Å². The van der Waals surface area contributed by atoms with Gasteiger partial charge in [-0.25, -0.2) is 17.9 Å². The maximum atomic E-state index is 12.3. The van der Waals surface area contributed by atoms with E-state index in [0.717, 1.165) is 0 Å². The van der Waals surface area contributed by atoms with Crippen molar-refractivity contribution in [1.82, 2.24) is 10.0 Å². The Bertz CT molecular complexity index is 729. The molecule has 1 aromatic carbocycles. The van der Waals surface area contributed by atoms with Crippen molar-refractivity contribution in [3.8, 4) is 0 Å². The normalized spacial score (nSPS) is 21.6. The summed E-state index contributed by atoms with van der Waals surface area (Å²) in [5, 5.41) is 11.7. The van der Waals surface area contributed by atoms with Crippen molar-refractivity contribution in [2.24, 2.45) is 0 Å². The molecule has 120 valence electrons. The van der Waals surface area contributed by atoms with Gasteiger partial charge in [0, 0.05) is 13.0 Å². The van der Waals surface area contributed by atoms with Crippen LogP contribution in [0.4, 0.5) is 0 Å². The molecular weight excluding hydrogens is 308 g/mol. The van der Waals surface area contributed by atoms with E-state index in [4.69, 9.17) is 5.11 Å². The zero-order chi connectivity index (χ0) is 16.5. The number of rotatable bonds is 5. The van der Waals surface area contributed by atoms with E-state index in [2.05, 4.69) is 10.0 Å². The fourth-order valence-electron chi connectivity index (χ4n) is 2.40. The third-order valence-electron chi connectivity index (χ3n) is 3.71. The molecule has 1 heterocycles. The third kappa shape index (κ3) is 3.45. The summed E-state index contributed by atoms with van der Waals surface area (Å²) in [4.78, 5) is 22.2. The lowest BCUT2D eigenvalue weighted by Crippen LogP contribution is -2.48. The number of aromatic carboxylic acids is 1. The Balaban J connectivity index is 2.17. The van der Waals surface area contributed by atoms with Crippen LogP contribution in [0.2, 0.25) is 0 Å². The number of amides is 1. The standard InChI is InChI=1S/C14H18N2O5S/c1-9-7-10(13(18)19)3-4-11(9)22(20,21)15-8-14(2)6-5-12(17)16-14/h3-4,7,15H,5-6,8H2,1-2H3,(H,16,17)(H,18,19). The van der Waals surface area contributed by atoms with Crippen molar-refractivity contribution in [2.45, 2.75) is 37.1 Å². The van der Waals surface area contributed by atoms with Crippen molar-refractivity contribution in [2.75, 3.05) is 6.54 Å².